The second-order valence-electron chi connectivity index (χ2n) is 7.22. The van der Waals surface area contributed by atoms with Gasteiger partial charge in [0.25, 0.3) is 0 Å². The van der Waals surface area contributed by atoms with Gasteiger partial charge in [-0.1, -0.05) is 13.0 Å². The normalized spacial score (nSPS) is 12.5. The minimum atomic E-state index is -3.76. The van der Waals surface area contributed by atoms with Gasteiger partial charge in [-0.2, -0.15) is 0 Å². The van der Waals surface area contributed by atoms with Crippen molar-refractivity contribution in [2.45, 2.75) is 19.8 Å². The summed E-state index contributed by atoms with van der Waals surface area (Å²) in [6.07, 6.45) is 0. The van der Waals surface area contributed by atoms with E-state index >= 15 is 0 Å². The molecule has 0 saturated carbocycles. The molecule has 0 fully saturated rings. The number of ketones is 1. The van der Waals surface area contributed by atoms with E-state index in [9.17, 15) is 22.0 Å². The molecule has 3 aromatic rings. The zero-order chi connectivity index (χ0) is 22.8. The lowest BCUT2D eigenvalue weighted by Crippen LogP contribution is -2.19. The molecule has 1 unspecified atom stereocenters. The first-order chi connectivity index (χ1) is 14.6. The number of aliphatic hydroxyl groups is 1. The number of nitrogens with one attached hydrogen (secondary N) is 2. The minimum absolute atomic E-state index is 0.0525. The second kappa shape index (κ2) is 8.99. The van der Waals surface area contributed by atoms with Crippen LogP contribution in [0, 0.1) is 18.6 Å². The molecule has 0 bridgehead atoms. The molecule has 164 valence electrons. The number of sulfonamides is 1. The van der Waals surface area contributed by atoms with Gasteiger partial charge in [0.15, 0.2) is 0 Å². The van der Waals surface area contributed by atoms with Gasteiger partial charge < -0.3 is 10.1 Å². The number of anilines is 1. The smallest absolute Gasteiger partial charge is 0.234 e. The number of aryl methyl sites for hydroxylation is 1. The fourth-order valence-electron chi connectivity index (χ4n) is 3.26. The third-order valence-corrected chi connectivity index (χ3v) is 6.20. The molecule has 0 aliphatic heterocycles. The molecule has 1 heterocycles. The number of carbonyl (C=O) groups excluding carboxylic acids is 1. The number of hydrogen-bond donors (Lipinski definition) is 3. The van der Waals surface area contributed by atoms with Gasteiger partial charge in [-0.05, 0) is 60.5 Å². The van der Waals surface area contributed by atoms with Crippen LogP contribution in [0.1, 0.15) is 45.7 Å². The van der Waals surface area contributed by atoms with Crippen LogP contribution in [0.25, 0.3) is 0 Å². The van der Waals surface area contributed by atoms with E-state index in [-0.39, 0.29) is 11.5 Å². The predicted molar refractivity (Wildman–Crippen MR) is 114 cm³/mol. The topological polar surface area (TPSA) is 99.3 Å². The van der Waals surface area contributed by atoms with Crippen LogP contribution < -0.4 is 4.72 Å². The molecule has 0 aliphatic rings. The molecule has 6 nitrogen and oxygen atoms in total. The zero-order valence-electron chi connectivity index (χ0n) is 16.9. The highest BCUT2D eigenvalue weighted by Crippen LogP contribution is 2.29. The number of hydrogen-bond acceptors (Lipinski definition) is 4. The van der Waals surface area contributed by atoms with Crippen molar-refractivity contribution in [3.63, 3.8) is 0 Å². The molecule has 3 rings (SSSR count). The molecule has 0 radical (unpaired) electrons. The molecular weight excluding hydrogens is 426 g/mol. The molecule has 0 aliphatic carbocycles. The Kier molecular flexibility index (Phi) is 6.56. The Balaban J connectivity index is 1.85. The SMILES string of the molecule is Cc1cc(C(C)c2ccc(NS(=O)(=O)CCO)cc2F)[nH]c1C(=O)c1ccc(F)cc1. The monoisotopic (exact) mass is 448 g/mol. The van der Waals surface area contributed by atoms with Gasteiger partial charge in [-0.3, -0.25) is 9.52 Å². The molecule has 31 heavy (non-hydrogen) atoms. The summed E-state index contributed by atoms with van der Waals surface area (Å²) in [5, 5.41) is 8.79. The van der Waals surface area contributed by atoms with E-state index in [0.717, 1.165) is 6.07 Å². The van der Waals surface area contributed by atoms with Crippen molar-refractivity contribution in [2.75, 3.05) is 17.1 Å². The van der Waals surface area contributed by atoms with Gasteiger partial charge in [-0.15, -0.1) is 0 Å². The summed E-state index contributed by atoms with van der Waals surface area (Å²) in [7, 11) is -3.76. The van der Waals surface area contributed by atoms with Gasteiger partial charge in [0.2, 0.25) is 15.8 Å². The van der Waals surface area contributed by atoms with E-state index in [1.807, 2.05) is 0 Å². The van der Waals surface area contributed by atoms with Crippen molar-refractivity contribution in [3.05, 3.63) is 88.2 Å². The van der Waals surface area contributed by atoms with E-state index in [1.54, 1.807) is 19.9 Å². The van der Waals surface area contributed by atoms with Crippen LogP contribution in [0.2, 0.25) is 0 Å². The second-order valence-corrected chi connectivity index (χ2v) is 9.06. The maximum atomic E-state index is 14.7. The van der Waals surface area contributed by atoms with Crippen molar-refractivity contribution < 1.29 is 27.1 Å². The molecule has 1 aromatic heterocycles. The van der Waals surface area contributed by atoms with Gasteiger partial charge in [0, 0.05) is 17.2 Å². The van der Waals surface area contributed by atoms with E-state index in [0.29, 0.717) is 28.1 Å². The summed E-state index contributed by atoms with van der Waals surface area (Å²) in [4.78, 5) is 15.8. The highest BCUT2D eigenvalue weighted by atomic mass is 32.2. The van der Waals surface area contributed by atoms with Crippen LogP contribution in [0.3, 0.4) is 0 Å². The molecule has 1 atom stereocenters. The number of carbonyl (C=O) groups is 1. The third-order valence-electron chi connectivity index (χ3n) is 4.94. The Hall–Kier alpha value is -3.04. The van der Waals surface area contributed by atoms with E-state index in [2.05, 4.69) is 9.71 Å². The van der Waals surface area contributed by atoms with Gasteiger partial charge in [-0.25, -0.2) is 17.2 Å². The van der Waals surface area contributed by atoms with Crippen molar-refractivity contribution in [3.8, 4) is 0 Å². The lowest BCUT2D eigenvalue weighted by atomic mass is 9.97. The number of aliphatic hydroxyl groups excluding tert-OH is 1. The summed E-state index contributed by atoms with van der Waals surface area (Å²) in [5.74, 6) is -2.29. The Morgan fingerprint density at radius 2 is 1.81 bits per heavy atom. The van der Waals surface area contributed by atoms with E-state index < -0.39 is 39.9 Å². The summed E-state index contributed by atoms with van der Waals surface area (Å²) in [6.45, 7) is 2.96. The first-order valence-electron chi connectivity index (χ1n) is 9.52. The molecule has 3 N–H and O–H groups in total. The highest BCUT2D eigenvalue weighted by Gasteiger charge is 2.21. The Morgan fingerprint density at radius 1 is 1.13 bits per heavy atom. The van der Waals surface area contributed by atoms with Crippen molar-refractivity contribution in [1.82, 2.24) is 4.98 Å². The highest BCUT2D eigenvalue weighted by molar-refractivity contribution is 7.92. The van der Waals surface area contributed by atoms with Crippen molar-refractivity contribution in [2.24, 2.45) is 0 Å². The fourth-order valence-corrected chi connectivity index (χ4v) is 4.09. The fraction of sp³-hybridized carbons (Fsp3) is 0.227. The molecule has 0 amide bonds. The number of H-pyrrole nitrogens is 1. The average Bonchev–Trinajstić information content (AvgIpc) is 3.09. The zero-order valence-corrected chi connectivity index (χ0v) is 17.8. The molecule has 9 heteroatoms. The number of rotatable bonds is 8. The van der Waals surface area contributed by atoms with Crippen LogP contribution in [0.4, 0.5) is 14.5 Å². The summed E-state index contributed by atoms with van der Waals surface area (Å²) >= 11 is 0. The standard InChI is InChI=1S/C22H22F2N2O4S/c1-13-11-20(25-21(13)22(28)15-3-5-16(23)6-4-15)14(2)18-8-7-17(12-19(18)24)26-31(29,30)10-9-27/h3-8,11-12,14,25-27H,9-10H2,1-2H3. The molecule has 0 spiro atoms. The van der Waals surface area contributed by atoms with Gasteiger partial charge in [0.05, 0.1) is 23.7 Å². The lowest BCUT2D eigenvalue weighted by Gasteiger charge is -2.14. The van der Waals surface area contributed by atoms with E-state index in [4.69, 9.17) is 5.11 Å². The first-order valence-corrected chi connectivity index (χ1v) is 11.2. The maximum absolute atomic E-state index is 14.7. The maximum Gasteiger partial charge on any atom is 0.234 e. The Bertz CT molecular complexity index is 1200. The summed E-state index contributed by atoms with van der Waals surface area (Å²) in [6, 6.07) is 10.9. The van der Waals surface area contributed by atoms with Crippen LogP contribution in [-0.4, -0.2) is 36.7 Å². The lowest BCUT2D eigenvalue weighted by molar-refractivity contribution is 0.103. The molecular formula is C22H22F2N2O4S. The molecule has 0 saturated heterocycles. The van der Waals surface area contributed by atoms with Crippen LogP contribution in [-0.2, 0) is 10.0 Å². The Labute approximate surface area is 179 Å². The largest absolute Gasteiger partial charge is 0.395 e. The van der Waals surface area contributed by atoms with Crippen LogP contribution in [0.5, 0.6) is 0 Å². The minimum Gasteiger partial charge on any atom is -0.395 e. The number of aromatic nitrogens is 1. The first kappa shape index (κ1) is 22.6. The van der Waals surface area contributed by atoms with Crippen molar-refractivity contribution >= 4 is 21.5 Å². The average molecular weight is 448 g/mol. The van der Waals surface area contributed by atoms with Crippen molar-refractivity contribution in [1.29, 1.82) is 0 Å². The number of benzene rings is 2. The Morgan fingerprint density at radius 3 is 2.42 bits per heavy atom. The van der Waals surface area contributed by atoms with Crippen LogP contribution >= 0.6 is 0 Å². The molecule has 2 aromatic carbocycles. The number of halogens is 2. The third kappa shape index (κ3) is 5.18. The summed E-state index contributed by atoms with van der Waals surface area (Å²) in [5.41, 5.74) is 2.31. The van der Waals surface area contributed by atoms with Crippen LogP contribution in [0.15, 0.2) is 48.5 Å². The quantitative estimate of drug-likeness (QED) is 0.458. The summed E-state index contributed by atoms with van der Waals surface area (Å²) < 4.78 is 53.5. The van der Waals surface area contributed by atoms with Gasteiger partial charge in [0.1, 0.15) is 11.6 Å². The van der Waals surface area contributed by atoms with Gasteiger partial charge >= 0.3 is 0 Å². The number of aromatic amines is 1. The predicted octanol–water partition coefficient (Wildman–Crippen LogP) is 3.72. The van der Waals surface area contributed by atoms with E-state index in [1.165, 1.54) is 36.4 Å².